The average Bonchev–Trinajstić information content (AvgIpc) is 2.27. The van der Waals surface area contributed by atoms with Crippen molar-refractivity contribution in [1.82, 2.24) is 0 Å². The number of benzene rings is 2. The van der Waals surface area contributed by atoms with Gasteiger partial charge in [0.1, 0.15) is 5.75 Å². The van der Waals surface area contributed by atoms with Crippen molar-refractivity contribution in [3.8, 4) is 5.75 Å². The lowest BCUT2D eigenvalue weighted by Gasteiger charge is -2.04. The number of phenolic OH excluding ortho intramolecular Hbond substituents is 1. The lowest BCUT2D eigenvalue weighted by molar-refractivity contribution is 0.479. The highest BCUT2D eigenvalue weighted by atomic mass is 32.2. The van der Waals surface area contributed by atoms with Crippen LogP contribution in [-0.2, 0) is 22.2 Å². The van der Waals surface area contributed by atoms with E-state index in [1.165, 1.54) is 30.3 Å². The summed E-state index contributed by atoms with van der Waals surface area (Å²) in [5, 5.41) is 10.5. The van der Waals surface area contributed by atoms with Crippen LogP contribution >= 0.6 is 0 Å². The molecule has 7 heteroatoms. The monoisotopic (exact) mass is 272 g/mol. The largest absolute Gasteiger partial charge is 0.507 e. The van der Waals surface area contributed by atoms with Gasteiger partial charge in [0.05, 0.1) is 9.79 Å². The number of hydrogen-bond donors (Lipinski definition) is 3. The highest BCUT2D eigenvalue weighted by Gasteiger charge is 2.09. The first-order valence-corrected chi connectivity index (χ1v) is 6.69. The first kappa shape index (κ1) is 12.2. The lowest BCUT2D eigenvalue weighted by Crippen LogP contribution is -1.91. The molecule has 2 rings (SSSR count). The molecule has 2 aromatic rings. The van der Waals surface area contributed by atoms with Gasteiger partial charge in [-0.2, -0.15) is 0 Å². The fraction of sp³-hybridized carbons (Fsp3) is 0. The van der Waals surface area contributed by atoms with Crippen molar-refractivity contribution in [3.05, 3.63) is 30.3 Å². The molecule has 2 aromatic carbocycles. The standard InChI is InChI=1S/C10H8O5S2/c11-10-5-8(17(14)15)4-6-3-7(16(12)13)1-2-9(6)10/h1-5,11H,(H,12,13)(H,14,15). The molecule has 2 atom stereocenters. The van der Waals surface area contributed by atoms with Crippen LogP contribution in [0.5, 0.6) is 5.75 Å². The fourth-order valence-electron chi connectivity index (χ4n) is 1.51. The quantitative estimate of drug-likeness (QED) is 0.723. The predicted molar refractivity (Wildman–Crippen MR) is 63.7 cm³/mol. The van der Waals surface area contributed by atoms with E-state index in [1.807, 2.05) is 0 Å². The molecule has 5 nitrogen and oxygen atoms in total. The molecule has 3 N–H and O–H groups in total. The summed E-state index contributed by atoms with van der Waals surface area (Å²) in [6.45, 7) is 0. The third kappa shape index (κ3) is 2.37. The van der Waals surface area contributed by atoms with E-state index in [4.69, 9.17) is 9.11 Å². The Bertz CT molecular complexity index is 633. The van der Waals surface area contributed by atoms with Gasteiger partial charge in [-0.15, -0.1) is 0 Å². The SMILES string of the molecule is O=S(O)c1ccc2c(O)cc(S(=O)O)cc2c1. The molecule has 0 aliphatic heterocycles. The fourth-order valence-corrected chi connectivity index (χ4v) is 2.36. The second-order valence-corrected chi connectivity index (χ2v) is 5.26. The van der Waals surface area contributed by atoms with Crippen LogP contribution < -0.4 is 0 Å². The second kappa shape index (κ2) is 4.53. The van der Waals surface area contributed by atoms with Crippen molar-refractivity contribution in [3.63, 3.8) is 0 Å². The minimum Gasteiger partial charge on any atom is -0.507 e. The number of aromatic hydroxyl groups is 1. The van der Waals surface area contributed by atoms with Gasteiger partial charge in [0.25, 0.3) is 0 Å². The number of fused-ring (bicyclic) bond motifs is 1. The summed E-state index contributed by atoms with van der Waals surface area (Å²) < 4.78 is 39.7. The van der Waals surface area contributed by atoms with Crippen LogP contribution in [0.4, 0.5) is 0 Å². The Morgan fingerprint density at radius 3 is 2.06 bits per heavy atom. The zero-order chi connectivity index (χ0) is 12.6. The molecule has 0 amide bonds. The van der Waals surface area contributed by atoms with Crippen molar-refractivity contribution in [2.45, 2.75) is 9.79 Å². The van der Waals surface area contributed by atoms with E-state index in [0.29, 0.717) is 10.8 Å². The number of hydrogen-bond acceptors (Lipinski definition) is 3. The highest BCUT2D eigenvalue weighted by Crippen LogP contribution is 2.29. The summed E-state index contributed by atoms with van der Waals surface area (Å²) in [4.78, 5) is 0.202. The van der Waals surface area contributed by atoms with Gasteiger partial charge in [-0.25, -0.2) is 8.42 Å². The van der Waals surface area contributed by atoms with E-state index in [0.717, 1.165) is 0 Å². The summed E-state index contributed by atoms with van der Waals surface area (Å²) in [5.74, 6) is -0.143. The smallest absolute Gasteiger partial charge is 0.186 e. The van der Waals surface area contributed by atoms with E-state index in [2.05, 4.69) is 0 Å². The third-order valence-electron chi connectivity index (χ3n) is 2.28. The molecular weight excluding hydrogens is 264 g/mol. The van der Waals surface area contributed by atoms with Crippen LogP contribution in [-0.4, -0.2) is 22.6 Å². The van der Waals surface area contributed by atoms with Gasteiger partial charge < -0.3 is 14.2 Å². The highest BCUT2D eigenvalue weighted by molar-refractivity contribution is 7.79. The average molecular weight is 272 g/mol. The van der Waals surface area contributed by atoms with E-state index in [9.17, 15) is 13.5 Å². The zero-order valence-corrected chi connectivity index (χ0v) is 9.99. The Morgan fingerprint density at radius 1 is 0.882 bits per heavy atom. The van der Waals surface area contributed by atoms with Gasteiger partial charge in [-0.1, -0.05) is 0 Å². The molecule has 0 saturated heterocycles. The molecular formula is C10H8O5S2. The minimum atomic E-state index is -2.21. The topological polar surface area (TPSA) is 94.8 Å². The lowest BCUT2D eigenvalue weighted by atomic mass is 10.1. The summed E-state index contributed by atoms with van der Waals surface area (Å²) in [7, 11) is 0. The summed E-state index contributed by atoms with van der Waals surface area (Å²) in [5.41, 5.74) is 0. The molecule has 0 radical (unpaired) electrons. The Kier molecular flexibility index (Phi) is 3.25. The molecule has 2 unspecified atom stereocenters. The molecule has 0 heterocycles. The van der Waals surface area contributed by atoms with Gasteiger partial charge in [-0.05, 0) is 35.7 Å². The van der Waals surface area contributed by atoms with Crippen LogP contribution in [0.1, 0.15) is 0 Å². The Hall–Kier alpha value is -1.28. The number of phenols is 1. The Balaban J connectivity index is 2.74. The Morgan fingerprint density at radius 2 is 1.47 bits per heavy atom. The normalized spacial score (nSPS) is 14.7. The van der Waals surface area contributed by atoms with Crippen molar-refractivity contribution in [1.29, 1.82) is 0 Å². The molecule has 0 aromatic heterocycles. The maximum Gasteiger partial charge on any atom is 0.186 e. The van der Waals surface area contributed by atoms with Crippen molar-refractivity contribution >= 4 is 32.9 Å². The van der Waals surface area contributed by atoms with E-state index in [1.54, 1.807) is 0 Å². The molecule has 0 fully saturated rings. The van der Waals surface area contributed by atoms with Crippen LogP contribution in [0.25, 0.3) is 10.8 Å². The molecule has 90 valence electrons. The van der Waals surface area contributed by atoms with Crippen LogP contribution in [0, 0.1) is 0 Å². The molecule has 0 saturated carbocycles. The summed E-state index contributed by atoms with van der Waals surface area (Å²) >= 11 is -4.34. The first-order valence-electron chi connectivity index (χ1n) is 4.47. The van der Waals surface area contributed by atoms with Crippen LogP contribution in [0.2, 0.25) is 0 Å². The maximum absolute atomic E-state index is 10.9. The van der Waals surface area contributed by atoms with Gasteiger partial charge >= 0.3 is 0 Å². The molecule has 17 heavy (non-hydrogen) atoms. The van der Waals surface area contributed by atoms with E-state index < -0.39 is 22.2 Å². The Labute approximate surface area is 102 Å². The summed E-state index contributed by atoms with van der Waals surface area (Å²) in [6, 6.07) is 6.86. The van der Waals surface area contributed by atoms with E-state index >= 15 is 0 Å². The molecule has 0 spiro atoms. The van der Waals surface area contributed by atoms with Gasteiger partial charge in [0.15, 0.2) is 22.2 Å². The van der Waals surface area contributed by atoms with Crippen LogP contribution in [0.3, 0.4) is 0 Å². The minimum absolute atomic E-state index is 0.0378. The van der Waals surface area contributed by atoms with Crippen LogP contribution in [0.15, 0.2) is 40.1 Å². The van der Waals surface area contributed by atoms with Crippen molar-refractivity contribution < 1.29 is 22.6 Å². The number of rotatable bonds is 2. The van der Waals surface area contributed by atoms with Gasteiger partial charge in [0.2, 0.25) is 0 Å². The van der Waals surface area contributed by atoms with E-state index in [-0.39, 0.29) is 15.5 Å². The molecule has 0 aliphatic rings. The first-order chi connectivity index (χ1) is 7.99. The molecule has 0 bridgehead atoms. The maximum atomic E-state index is 10.9. The van der Waals surface area contributed by atoms with Crippen molar-refractivity contribution in [2.75, 3.05) is 0 Å². The third-order valence-corrected chi connectivity index (χ3v) is 3.58. The molecule has 0 aliphatic carbocycles. The summed E-state index contributed by atoms with van der Waals surface area (Å²) in [6.07, 6.45) is 0. The van der Waals surface area contributed by atoms with Gasteiger partial charge in [0, 0.05) is 5.39 Å². The zero-order valence-electron chi connectivity index (χ0n) is 8.36. The van der Waals surface area contributed by atoms with Gasteiger partial charge in [-0.3, -0.25) is 0 Å². The van der Waals surface area contributed by atoms with Crippen molar-refractivity contribution in [2.24, 2.45) is 0 Å². The predicted octanol–water partition coefficient (Wildman–Crippen LogP) is 1.71. The second-order valence-electron chi connectivity index (χ2n) is 3.32.